The number of methoxy groups -OCH3 is 1. The fourth-order valence-corrected chi connectivity index (χ4v) is 4.12. The summed E-state index contributed by atoms with van der Waals surface area (Å²) in [5, 5.41) is 0.582. The molecule has 1 saturated heterocycles. The third-order valence-corrected chi connectivity index (χ3v) is 5.39. The molecule has 0 spiro atoms. The molecule has 146 valence electrons. The lowest BCUT2D eigenvalue weighted by molar-refractivity contribution is -0.117. The average Bonchev–Trinajstić information content (AvgIpc) is 3.22. The van der Waals surface area contributed by atoms with Gasteiger partial charge in [-0.1, -0.05) is 37.6 Å². The van der Waals surface area contributed by atoms with E-state index >= 15 is 0 Å². The maximum absolute atomic E-state index is 12.9. The molecule has 0 bridgehead atoms. The molecular formula is C22H24ClN3O2. The van der Waals surface area contributed by atoms with E-state index in [1.807, 2.05) is 18.2 Å². The first-order valence-electron chi connectivity index (χ1n) is 9.57. The van der Waals surface area contributed by atoms with Crippen molar-refractivity contribution in [2.75, 3.05) is 18.6 Å². The van der Waals surface area contributed by atoms with Gasteiger partial charge in [-0.25, -0.2) is 4.98 Å². The average molecular weight is 398 g/mol. The molecule has 0 aliphatic carbocycles. The Morgan fingerprint density at radius 2 is 2.04 bits per heavy atom. The highest BCUT2D eigenvalue weighted by atomic mass is 35.5. The Bertz CT molecular complexity index is 1030. The van der Waals surface area contributed by atoms with Crippen LogP contribution < -0.4 is 9.64 Å². The highest BCUT2D eigenvalue weighted by Gasteiger charge is 2.36. The fourth-order valence-electron chi connectivity index (χ4n) is 3.95. The maximum atomic E-state index is 12.9. The quantitative estimate of drug-likeness (QED) is 0.616. The van der Waals surface area contributed by atoms with E-state index in [1.54, 1.807) is 30.2 Å². The minimum absolute atomic E-state index is 0.0299. The van der Waals surface area contributed by atoms with Crippen LogP contribution in [-0.4, -0.2) is 29.1 Å². The van der Waals surface area contributed by atoms with E-state index in [1.165, 1.54) is 0 Å². The number of ether oxygens (including phenoxy) is 1. The third kappa shape index (κ3) is 3.35. The summed E-state index contributed by atoms with van der Waals surface area (Å²) in [7, 11) is 1.60. The Labute approximate surface area is 169 Å². The Hall–Kier alpha value is -2.53. The molecule has 1 fully saturated rings. The number of nitrogens with zero attached hydrogens (tertiary/aromatic N) is 3. The molecular weight excluding hydrogens is 374 g/mol. The topological polar surface area (TPSA) is 47.4 Å². The number of benzene rings is 2. The van der Waals surface area contributed by atoms with Gasteiger partial charge in [0.1, 0.15) is 11.6 Å². The second kappa shape index (κ2) is 7.47. The highest BCUT2D eigenvalue weighted by molar-refractivity contribution is 6.31. The van der Waals surface area contributed by atoms with Crippen molar-refractivity contribution in [2.24, 2.45) is 5.92 Å². The smallest absolute Gasteiger partial charge is 0.227 e. The minimum Gasteiger partial charge on any atom is -0.495 e. The summed E-state index contributed by atoms with van der Waals surface area (Å²) in [4.78, 5) is 19.5. The van der Waals surface area contributed by atoms with Crippen molar-refractivity contribution < 1.29 is 9.53 Å². The number of fused-ring (bicyclic) bond motifs is 1. The minimum atomic E-state index is 0.0299. The van der Waals surface area contributed by atoms with Crippen molar-refractivity contribution in [1.82, 2.24) is 9.55 Å². The van der Waals surface area contributed by atoms with Crippen LogP contribution in [0.25, 0.3) is 11.0 Å². The van der Waals surface area contributed by atoms with Gasteiger partial charge in [-0.3, -0.25) is 4.79 Å². The van der Waals surface area contributed by atoms with E-state index < -0.39 is 0 Å². The van der Waals surface area contributed by atoms with Crippen LogP contribution in [-0.2, 0) is 11.3 Å². The predicted molar refractivity (Wildman–Crippen MR) is 112 cm³/mol. The van der Waals surface area contributed by atoms with Crippen LogP contribution in [0.4, 0.5) is 5.69 Å². The summed E-state index contributed by atoms with van der Waals surface area (Å²) in [5.41, 5.74) is 2.82. The summed E-state index contributed by atoms with van der Waals surface area (Å²) >= 11 is 6.18. The van der Waals surface area contributed by atoms with Crippen molar-refractivity contribution >= 4 is 34.2 Å². The zero-order valence-electron chi connectivity index (χ0n) is 16.4. The van der Waals surface area contributed by atoms with Gasteiger partial charge >= 0.3 is 0 Å². The summed E-state index contributed by atoms with van der Waals surface area (Å²) in [6, 6.07) is 13.5. The third-order valence-electron chi connectivity index (χ3n) is 5.15. The Morgan fingerprint density at radius 3 is 2.79 bits per heavy atom. The van der Waals surface area contributed by atoms with Gasteiger partial charge in [0, 0.05) is 30.5 Å². The molecule has 3 aromatic rings. The molecule has 4 rings (SSSR count). The van der Waals surface area contributed by atoms with Crippen LogP contribution in [0, 0.1) is 5.92 Å². The van der Waals surface area contributed by atoms with Gasteiger partial charge in [-0.15, -0.1) is 0 Å². The lowest BCUT2D eigenvalue weighted by Gasteiger charge is -2.20. The van der Waals surface area contributed by atoms with Crippen molar-refractivity contribution in [3.63, 3.8) is 0 Å². The lowest BCUT2D eigenvalue weighted by atomic mass is 10.1. The number of carbonyl (C=O) groups excluding carboxylic acids is 1. The summed E-state index contributed by atoms with van der Waals surface area (Å²) in [6.07, 6.45) is 0.428. The number of imidazole rings is 1. The Balaban J connectivity index is 1.73. The fraction of sp³-hybridized carbons (Fsp3) is 0.364. The largest absolute Gasteiger partial charge is 0.495 e. The van der Waals surface area contributed by atoms with Crippen molar-refractivity contribution in [3.05, 3.63) is 53.3 Å². The van der Waals surface area contributed by atoms with Crippen LogP contribution in [0.2, 0.25) is 5.02 Å². The van der Waals surface area contributed by atoms with Crippen LogP contribution in [0.15, 0.2) is 42.5 Å². The standard InChI is InChI=1S/C22H24ClN3O2/c1-14(2)12-26-18-7-5-4-6-17(18)24-22(26)15-10-21(27)25(13-15)19-11-16(23)8-9-20(19)28-3/h4-9,11,14-15H,10,12-13H2,1-3H3. The van der Waals surface area contributed by atoms with Crippen molar-refractivity contribution in [1.29, 1.82) is 0 Å². The molecule has 1 aromatic heterocycles. The van der Waals surface area contributed by atoms with E-state index in [-0.39, 0.29) is 11.8 Å². The highest BCUT2D eigenvalue weighted by Crippen LogP contribution is 2.38. The molecule has 6 heteroatoms. The Morgan fingerprint density at radius 1 is 1.25 bits per heavy atom. The number of carbonyl (C=O) groups is 1. The van der Waals surface area contributed by atoms with Gasteiger partial charge in [0.2, 0.25) is 5.91 Å². The van der Waals surface area contributed by atoms with Gasteiger partial charge in [0.05, 0.1) is 23.8 Å². The molecule has 0 radical (unpaired) electrons. The molecule has 28 heavy (non-hydrogen) atoms. The number of anilines is 1. The summed E-state index contributed by atoms with van der Waals surface area (Å²) < 4.78 is 7.73. The maximum Gasteiger partial charge on any atom is 0.227 e. The Kier molecular flexibility index (Phi) is 5.02. The zero-order chi connectivity index (χ0) is 19.8. The van der Waals surface area contributed by atoms with Gasteiger partial charge in [0.15, 0.2) is 0 Å². The van der Waals surface area contributed by atoms with Gasteiger partial charge in [-0.2, -0.15) is 0 Å². The summed E-state index contributed by atoms with van der Waals surface area (Å²) in [5.74, 6) is 2.20. The molecule has 1 aliphatic heterocycles. The number of amides is 1. The number of aromatic nitrogens is 2. The molecule has 0 saturated carbocycles. The second-order valence-corrected chi connectivity index (χ2v) is 8.12. The van der Waals surface area contributed by atoms with Gasteiger partial charge in [0.25, 0.3) is 0 Å². The molecule has 1 unspecified atom stereocenters. The van der Waals surface area contributed by atoms with Gasteiger partial charge in [-0.05, 0) is 36.2 Å². The van der Waals surface area contributed by atoms with E-state index in [4.69, 9.17) is 21.3 Å². The molecule has 1 amide bonds. The van der Waals surface area contributed by atoms with E-state index in [0.717, 1.165) is 23.4 Å². The van der Waals surface area contributed by atoms with Crippen molar-refractivity contribution in [3.8, 4) is 5.75 Å². The zero-order valence-corrected chi connectivity index (χ0v) is 17.1. The monoisotopic (exact) mass is 397 g/mol. The molecule has 5 nitrogen and oxygen atoms in total. The van der Waals surface area contributed by atoms with Crippen molar-refractivity contribution in [2.45, 2.75) is 32.7 Å². The molecule has 2 heterocycles. The number of para-hydroxylation sites is 2. The van der Waals surface area contributed by atoms with Crippen LogP contribution in [0.1, 0.15) is 32.0 Å². The number of hydrogen-bond acceptors (Lipinski definition) is 3. The summed E-state index contributed by atoms with van der Waals surface area (Å²) in [6.45, 7) is 5.83. The first-order chi connectivity index (χ1) is 13.5. The molecule has 2 aromatic carbocycles. The van der Waals surface area contributed by atoms with E-state index in [0.29, 0.717) is 35.3 Å². The predicted octanol–water partition coefficient (Wildman–Crippen LogP) is 4.87. The van der Waals surface area contributed by atoms with Crippen LogP contribution in [0.3, 0.4) is 0 Å². The molecule has 1 aliphatic rings. The number of hydrogen-bond donors (Lipinski definition) is 0. The van der Waals surface area contributed by atoms with E-state index in [2.05, 4.69) is 24.5 Å². The van der Waals surface area contributed by atoms with Crippen LogP contribution in [0.5, 0.6) is 5.75 Å². The molecule has 1 atom stereocenters. The lowest BCUT2D eigenvalue weighted by Crippen LogP contribution is -2.25. The number of rotatable bonds is 5. The molecule has 0 N–H and O–H groups in total. The first-order valence-corrected chi connectivity index (χ1v) is 9.94. The first kappa shape index (κ1) is 18.8. The second-order valence-electron chi connectivity index (χ2n) is 7.68. The SMILES string of the molecule is COc1ccc(Cl)cc1N1CC(c2nc3ccccc3n2CC(C)C)CC1=O. The van der Waals surface area contributed by atoms with E-state index in [9.17, 15) is 4.79 Å². The normalized spacial score (nSPS) is 17.1. The van der Waals surface area contributed by atoms with Crippen LogP contribution >= 0.6 is 11.6 Å². The number of halogens is 1. The van der Waals surface area contributed by atoms with Gasteiger partial charge < -0.3 is 14.2 Å².